The number of thiazole rings is 1. The van der Waals surface area contributed by atoms with Gasteiger partial charge in [0, 0.05) is 24.5 Å². The van der Waals surface area contributed by atoms with Crippen molar-refractivity contribution < 1.29 is 0 Å². The first-order valence-corrected chi connectivity index (χ1v) is 7.34. The predicted octanol–water partition coefficient (Wildman–Crippen LogP) is 2.27. The number of rotatable bonds is 4. The Morgan fingerprint density at radius 3 is 3.06 bits per heavy atom. The van der Waals surface area contributed by atoms with E-state index >= 15 is 0 Å². The van der Waals surface area contributed by atoms with Crippen molar-refractivity contribution in [2.75, 3.05) is 20.1 Å². The quantitative estimate of drug-likeness (QED) is 0.892. The van der Waals surface area contributed by atoms with E-state index in [-0.39, 0.29) is 0 Å². The summed E-state index contributed by atoms with van der Waals surface area (Å²) in [6.07, 6.45) is 2.62. The van der Waals surface area contributed by atoms with E-state index in [9.17, 15) is 0 Å². The van der Waals surface area contributed by atoms with Crippen molar-refractivity contribution in [1.29, 1.82) is 0 Å². The molecule has 1 saturated heterocycles. The molecule has 0 bridgehead atoms. The summed E-state index contributed by atoms with van der Waals surface area (Å²) < 4.78 is 0. The average molecular weight is 253 g/mol. The molecule has 1 aromatic heterocycles. The first-order valence-electron chi connectivity index (χ1n) is 6.46. The first kappa shape index (κ1) is 13.0. The summed E-state index contributed by atoms with van der Waals surface area (Å²) in [5, 5.41) is 6.86. The van der Waals surface area contributed by atoms with Gasteiger partial charge in [0.2, 0.25) is 0 Å². The number of aryl methyl sites for hydroxylation is 1. The van der Waals surface area contributed by atoms with Gasteiger partial charge in [0.05, 0.1) is 10.7 Å². The van der Waals surface area contributed by atoms with Gasteiger partial charge < -0.3 is 10.2 Å². The third kappa shape index (κ3) is 4.05. The molecule has 1 aromatic rings. The summed E-state index contributed by atoms with van der Waals surface area (Å²) in [5.74, 6) is 0.844. The van der Waals surface area contributed by atoms with Crippen LogP contribution in [-0.4, -0.2) is 36.1 Å². The molecular formula is C13H23N3S. The van der Waals surface area contributed by atoms with E-state index in [4.69, 9.17) is 0 Å². The number of piperidine rings is 1. The molecule has 2 atom stereocenters. The van der Waals surface area contributed by atoms with E-state index in [1.165, 1.54) is 36.6 Å². The molecule has 1 fully saturated rings. The maximum Gasteiger partial charge on any atom is 0.0897 e. The summed E-state index contributed by atoms with van der Waals surface area (Å²) in [6, 6.07) is 0.684. The van der Waals surface area contributed by atoms with Crippen LogP contribution in [0.4, 0.5) is 0 Å². The average Bonchev–Trinajstić information content (AvgIpc) is 2.63. The molecule has 3 nitrogen and oxygen atoms in total. The molecule has 96 valence electrons. The van der Waals surface area contributed by atoms with Crippen LogP contribution >= 0.6 is 11.3 Å². The second-order valence-electron chi connectivity index (χ2n) is 5.30. The predicted molar refractivity (Wildman–Crippen MR) is 73.4 cm³/mol. The van der Waals surface area contributed by atoms with Crippen molar-refractivity contribution in [3.05, 3.63) is 16.1 Å². The Morgan fingerprint density at radius 2 is 2.41 bits per heavy atom. The second kappa shape index (κ2) is 5.94. The van der Waals surface area contributed by atoms with Gasteiger partial charge in [-0.25, -0.2) is 4.98 Å². The lowest BCUT2D eigenvalue weighted by atomic mass is 9.93. The van der Waals surface area contributed by atoms with E-state index in [0.29, 0.717) is 6.04 Å². The molecule has 1 N–H and O–H groups in total. The highest BCUT2D eigenvalue weighted by Gasteiger charge is 2.19. The molecular weight excluding hydrogens is 230 g/mol. The molecule has 0 radical (unpaired) electrons. The number of nitrogens with one attached hydrogen (secondary N) is 1. The number of nitrogens with zero attached hydrogens (tertiary/aromatic N) is 2. The standard InChI is InChI=1S/C13H23N3S/c1-10-6-12(4-5-14-10)7-16(3)8-13-9-17-11(2)15-13/h9-10,12,14H,4-8H2,1-3H3. The molecule has 0 amide bonds. The van der Waals surface area contributed by atoms with Crippen LogP contribution in [0.15, 0.2) is 5.38 Å². The lowest BCUT2D eigenvalue weighted by Gasteiger charge is -2.30. The highest BCUT2D eigenvalue weighted by Crippen LogP contribution is 2.18. The van der Waals surface area contributed by atoms with Crippen molar-refractivity contribution in [2.24, 2.45) is 5.92 Å². The minimum atomic E-state index is 0.684. The van der Waals surface area contributed by atoms with Gasteiger partial charge in [-0.1, -0.05) is 0 Å². The van der Waals surface area contributed by atoms with Crippen LogP contribution in [0.25, 0.3) is 0 Å². The second-order valence-corrected chi connectivity index (χ2v) is 6.36. The molecule has 0 spiro atoms. The molecule has 4 heteroatoms. The molecule has 1 aliphatic heterocycles. The van der Waals surface area contributed by atoms with Gasteiger partial charge in [0.25, 0.3) is 0 Å². The van der Waals surface area contributed by atoms with E-state index in [1.54, 1.807) is 11.3 Å². The van der Waals surface area contributed by atoms with Gasteiger partial charge in [-0.05, 0) is 46.2 Å². The van der Waals surface area contributed by atoms with Crippen LogP contribution in [0.2, 0.25) is 0 Å². The Kier molecular flexibility index (Phi) is 4.54. The maximum absolute atomic E-state index is 4.52. The fourth-order valence-electron chi connectivity index (χ4n) is 2.66. The molecule has 17 heavy (non-hydrogen) atoms. The van der Waals surface area contributed by atoms with Gasteiger partial charge in [-0.3, -0.25) is 0 Å². The van der Waals surface area contributed by atoms with Crippen molar-refractivity contribution in [2.45, 2.75) is 39.3 Å². The molecule has 0 aromatic carbocycles. The lowest BCUT2D eigenvalue weighted by Crippen LogP contribution is -2.39. The van der Waals surface area contributed by atoms with Crippen molar-refractivity contribution in [3.63, 3.8) is 0 Å². The maximum atomic E-state index is 4.52. The van der Waals surface area contributed by atoms with Crippen molar-refractivity contribution in [1.82, 2.24) is 15.2 Å². The third-order valence-corrected chi connectivity index (χ3v) is 4.22. The molecule has 2 rings (SSSR count). The number of aromatic nitrogens is 1. The third-order valence-electron chi connectivity index (χ3n) is 3.40. The van der Waals surface area contributed by atoms with Crippen LogP contribution < -0.4 is 5.32 Å². The van der Waals surface area contributed by atoms with Crippen molar-refractivity contribution in [3.8, 4) is 0 Å². The summed E-state index contributed by atoms with van der Waals surface area (Å²) >= 11 is 1.75. The van der Waals surface area contributed by atoms with Gasteiger partial charge in [-0.15, -0.1) is 11.3 Å². The highest BCUT2D eigenvalue weighted by atomic mass is 32.1. The fraction of sp³-hybridized carbons (Fsp3) is 0.769. The Hall–Kier alpha value is -0.450. The first-order chi connectivity index (χ1) is 8.13. The van der Waals surface area contributed by atoms with Crippen molar-refractivity contribution >= 4 is 11.3 Å². The topological polar surface area (TPSA) is 28.2 Å². The summed E-state index contributed by atoms with van der Waals surface area (Å²) in [4.78, 5) is 6.94. The van der Waals surface area contributed by atoms with Gasteiger partial charge in [0.1, 0.15) is 0 Å². The molecule has 2 heterocycles. The molecule has 0 saturated carbocycles. The minimum absolute atomic E-state index is 0.684. The minimum Gasteiger partial charge on any atom is -0.314 e. The number of hydrogen-bond donors (Lipinski definition) is 1. The zero-order chi connectivity index (χ0) is 12.3. The van der Waals surface area contributed by atoms with Crippen LogP contribution in [0.5, 0.6) is 0 Å². The summed E-state index contributed by atoms with van der Waals surface area (Å²) in [6.45, 7) is 7.72. The molecule has 2 unspecified atom stereocenters. The van der Waals surface area contributed by atoms with E-state index in [1.807, 2.05) is 0 Å². The summed E-state index contributed by atoms with van der Waals surface area (Å²) in [5.41, 5.74) is 1.22. The highest BCUT2D eigenvalue weighted by molar-refractivity contribution is 7.09. The van der Waals surface area contributed by atoms with Crippen LogP contribution in [0.3, 0.4) is 0 Å². The molecule has 1 aliphatic rings. The Balaban J connectivity index is 1.78. The molecule has 0 aliphatic carbocycles. The fourth-order valence-corrected chi connectivity index (χ4v) is 3.27. The van der Waals surface area contributed by atoms with Gasteiger partial charge in [0.15, 0.2) is 0 Å². The zero-order valence-electron chi connectivity index (χ0n) is 11.1. The Morgan fingerprint density at radius 1 is 1.59 bits per heavy atom. The SMILES string of the molecule is Cc1nc(CN(C)CC2CCNC(C)C2)cs1. The largest absolute Gasteiger partial charge is 0.314 e. The van der Waals surface area contributed by atoms with E-state index in [2.05, 4.69) is 41.5 Å². The van der Waals surface area contributed by atoms with Crippen LogP contribution in [-0.2, 0) is 6.54 Å². The van der Waals surface area contributed by atoms with E-state index in [0.717, 1.165) is 12.5 Å². The van der Waals surface area contributed by atoms with Crippen LogP contribution in [0.1, 0.15) is 30.5 Å². The Labute approximate surface area is 108 Å². The zero-order valence-corrected chi connectivity index (χ0v) is 11.9. The summed E-state index contributed by atoms with van der Waals surface area (Å²) in [7, 11) is 2.21. The number of hydrogen-bond acceptors (Lipinski definition) is 4. The Bertz CT molecular complexity index is 350. The lowest BCUT2D eigenvalue weighted by molar-refractivity contribution is 0.214. The monoisotopic (exact) mass is 253 g/mol. The van der Waals surface area contributed by atoms with E-state index < -0.39 is 0 Å². The normalized spacial score (nSPS) is 25.4. The van der Waals surface area contributed by atoms with Gasteiger partial charge >= 0.3 is 0 Å². The smallest absolute Gasteiger partial charge is 0.0897 e. The van der Waals surface area contributed by atoms with Gasteiger partial charge in [-0.2, -0.15) is 0 Å². The van der Waals surface area contributed by atoms with Crippen LogP contribution in [0, 0.1) is 12.8 Å².